The normalized spacial score (nSPS) is 17.7. The average Bonchev–Trinajstić information content (AvgIpc) is 2.71. The van der Waals surface area contributed by atoms with Gasteiger partial charge in [0, 0.05) is 6.04 Å². The molecule has 0 heterocycles. The van der Waals surface area contributed by atoms with E-state index in [2.05, 4.69) is 5.32 Å². The van der Waals surface area contributed by atoms with E-state index in [9.17, 15) is 9.59 Å². The Morgan fingerprint density at radius 2 is 2.17 bits per heavy atom. The number of hydrogen-bond acceptors (Lipinski definition) is 3. The minimum absolute atomic E-state index is 0.202. The summed E-state index contributed by atoms with van der Waals surface area (Å²) in [5.74, 6) is -1.96. The van der Waals surface area contributed by atoms with Gasteiger partial charge in [0.1, 0.15) is 0 Å². The maximum Gasteiger partial charge on any atom is 0.245 e. The summed E-state index contributed by atoms with van der Waals surface area (Å²) >= 11 is 0. The highest BCUT2D eigenvalue weighted by molar-refractivity contribution is 6.02. The first-order chi connectivity index (χ1) is 5.65. The third kappa shape index (κ3) is 2.06. The quantitative estimate of drug-likeness (QED) is 0.599. The number of nitrogens with one attached hydrogen (secondary N) is 1. The largest absolute Gasteiger partial charge is 0.352 e. The number of nitriles is 1. The van der Waals surface area contributed by atoms with Crippen molar-refractivity contribution in [3.63, 3.8) is 0 Å². The predicted molar refractivity (Wildman–Crippen MR) is 40.9 cm³/mol. The van der Waals surface area contributed by atoms with Gasteiger partial charge in [-0.25, -0.2) is 0 Å². The van der Waals surface area contributed by atoms with Crippen LogP contribution in [0.4, 0.5) is 0 Å². The van der Waals surface area contributed by atoms with E-state index in [1.165, 1.54) is 6.92 Å². The lowest BCUT2D eigenvalue weighted by molar-refractivity contribution is -0.130. The Hall–Kier alpha value is -1.37. The van der Waals surface area contributed by atoms with E-state index in [0.29, 0.717) is 0 Å². The molecular weight excluding hydrogens is 156 g/mol. The average molecular weight is 166 g/mol. The molecule has 1 amide bonds. The third-order valence-electron chi connectivity index (χ3n) is 1.72. The zero-order valence-electron chi connectivity index (χ0n) is 6.83. The van der Waals surface area contributed by atoms with Gasteiger partial charge < -0.3 is 5.32 Å². The van der Waals surface area contributed by atoms with Crippen LogP contribution in [0.1, 0.15) is 19.8 Å². The van der Waals surface area contributed by atoms with Crippen LogP contribution < -0.4 is 5.32 Å². The first-order valence-electron chi connectivity index (χ1n) is 3.85. The van der Waals surface area contributed by atoms with Crippen LogP contribution in [0.25, 0.3) is 0 Å². The van der Waals surface area contributed by atoms with Crippen molar-refractivity contribution in [2.75, 3.05) is 0 Å². The second kappa shape index (κ2) is 3.35. The van der Waals surface area contributed by atoms with Crippen molar-refractivity contribution in [1.29, 1.82) is 5.26 Å². The Bertz CT molecular complexity index is 250. The van der Waals surface area contributed by atoms with Crippen LogP contribution in [0, 0.1) is 17.2 Å². The summed E-state index contributed by atoms with van der Waals surface area (Å²) in [6.07, 6.45) is 1.92. The summed E-state index contributed by atoms with van der Waals surface area (Å²) < 4.78 is 0. The topological polar surface area (TPSA) is 70.0 Å². The fourth-order valence-corrected chi connectivity index (χ4v) is 0.846. The molecule has 1 unspecified atom stereocenters. The highest BCUT2D eigenvalue weighted by Crippen LogP contribution is 2.19. The van der Waals surface area contributed by atoms with E-state index in [1.54, 1.807) is 6.07 Å². The number of carbonyl (C=O) groups excluding carboxylic acids is 2. The van der Waals surface area contributed by atoms with E-state index in [1.807, 2.05) is 0 Å². The molecule has 1 atom stereocenters. The van der Waals surface area contributed by atoms with Crippen LogP contribution in [-0.4, -0.2) is 17.7 Å². The Labute approximate surface area is 70.6 Å². The van der Waals surface area contributed by atoms with Crippen molar-refractivity contribution in [1.82, 2.24) is 5.32 Å². The van der Waals surface area contributed by atoms with E-state index >= 15 is 0 Å². The number of rotatable bonds is 3. The summed E-state index contributed by atoms with van der Waals surface area (Å²) in [5.41, 5.74) is 0. The molecule has 0 spiro atoms. The van der Waals surface area contributed by atoms with Crippen molar-refractivity contribution in [3.8, 4) is 6.07 Å². The number of ketones is 1. The Balaban J connectivity index is 2.47. The Morgan fingerprint density at radius 1 is 1.58 bits per heavy atom. The highest BCUT2D eigenvalue weighted by atomic mass is 16.2. The summed E-state index contributed by atoms with van der Waals surface area (Å²) in [7, 11) is 0. The van der Waals surface area contributed by atoms with Gasteiger partial charge in [-0.15, -0.1) is 0 Å². The number of hydrogen-bond donors (Lipinski definition) is 1. The van der Waals surface area contributed by atoms with Crippen LogP contribution in [0.2, 0.25) is 0 Å². The van der Waals surface area contributed by atoms with Crippen molar-refractivity contribution in [2.24, 2.45) is 5.92 Å². The number of amides is 1. The SMILES string of the molecule is CC(=O)C(C#N)C(=O)NC1CC1. The van der Waals surface area contributed by atoms with Crippen molar-refractivity contribution >= 4 is 11.7 Å². The molecule has 1 fully saturated rings. The molecule has 1 rings (SSSR count). The maximum atomic E-state index is 11.1. The zero-order chi connectivity index (χ0) is 9.14. The molecule has 64 valence electrons. The summed E-state index contributed by atoms with van der Waals surface area (Å²) in [4.78, 5) is 21.8. The lowest BCUT2D eigenvalue weighted by Crippen LogP contribution is -2.34. The Morgan fingerprint density at radius 3 is 2.50 bits per heavy atom. The lowest BCUT2D eigenvalue weighted by atomic mass is 10.1. The van der Waals surface area contributed by atoms with Crippen LogP contribution in [0.15, 0.2) is 0 Å². The smallest absolute Gasteiger partial charge is 0.245 e. The summed E-state index contributed by atoms with van der Waals surface area (Å²) in [6.45, 7) is 1.25. The molecule has 0 bridgehead atoms. The highest BCUT2D eigenvalue weighted by Gasteiger charge is 2.29. The van der Waals surface area contributed by atoms with E-state index < -0.39 is 17.6 Å². The van der Waals surface area contributed by atoms with Gasteiger partial charge in [0.25, 0.3) is 0 Å². The first-order valence-corrected chi connectivity index (χ1v) is 3.85. The van der Waals surface area contributed by atoms with E-state index in [-0.39, 0.29) is 6.04 Å². The molecule has 0 aliphatic heterocycles. The molecule has 0 aromatic carbocycles. The second-order valence-electron chi connectivity index (χ2n) is 2.96. The van der Waals surface area contributed by atoms with Crippen LogP contribution >= 0.6 is 0 Å². The number of Topliss-reactive ketones (excluding diaryl/α,β-unsaturated/α-hetero) is 1. The van der Waals surface area contributed by atoms with E-state index in [4.69, 9.17) is 5.26 Å². The van der Waals surface area contributed by atoms with Gasteiger partial charge in [-0.2, -0.15) is 5.26 Å². The molecular formula is C8H10N2O2. The van der Waals surface area contributed by atoms with E-state index in [0.717, 1.165) is 12.8 Å². The van der Waals surface area contributed by atoms with Gasteiger partial charge in [0.05, 0.1) is 6.07 Å². The zero-order valence-corrected chi connectivity index (χ0v) is 6.83. The Kier molecular flexibility index (Phi) is 2.44. The molecule has 0 radical (unpaired) electrons. The van der Waals surface area contributed by atoms with Gasteiger partial charge in [-0.3, -0.25) is 9.59 Å². The van der Waals surface area contributed by atoms with Gasteiger partial charge >= 0.3 is 0 Å². The summed E-state index contributed by atoms with van der Waals surface area (Å²) in [5, 5.41) is 11.1. The van der Waals surface area contributed by atoms with Crippen molar-refractivity contribution in [3.05, 3.63) is 0 Å². The molecule has 1 saturated carbocycles. The number of nitrogens with zero attached hydrogens (tertiary/aromatic N) is 1. The van der Waals surface area contributed by atoms with Crippen LogP contribution in [-0.2, 0) is 9.59 Å². The van der Waals surface area contributed by atoms with Gasteiger partial charge in [0.15, 0.2) is 11.7 Å². The fourth-order valence-electron chi connectivity index (χ4n) is 0.846. The van der Waals surface area contributed by atoms with Crippen molar-refractivity contribution < 1.29 is 9.59 Å². The fraction of sp³-hybridized carbons (Fsp3) is 0.625. The lowest BCUT2D eigenvalue weighted by Gasteiger charge is -2.04. The molecule has 0 aromatic rings. The van der Waals surface area contributed by atoms with Gasteiger partial charge in [0.2, 0.25) is 5.91 Å². The maximum absolute atomic E-state index is 11.1. The molecule has 4 nitrogen and oxygen atoms in total. The molecule has 1 aliphatic carbocycles. The second-order valence-corrected chi connectivity index (χ2v) is 2.96. The minimum atomic E-state index is -1.12. The molecule has 0 aromatic heterocycles. The van der Waals surface area contributed by atoms with Gasteiger partial charge in [-0.1, -0.05) is 0 Å². The molecule has 1 N–H and O–H groups in total. The molecule has 1 aliphatic rings. The van der Waals surface area contributed by atoms with Crippen molar-refractivity contribution in [2.45, 2.75) is 25.8 Å². The minimum Gasteiger partial charge on any atom is -0.352 e. The predicted octanol–water partition coefficient (Wildman–Crippen LogP) is -0.00622. The molecule has 0 saturated heterocycles. The summed E-state index contributed by atoms with van der Waals surface area (Å²) in [6, 6.07) is 1.87. The standard InChI is InChI=1S/C8H10N2O2/c1-5(11)7(4-9)8(12)10-6-2-3-6/h6-7H,2-3H2,1H3,(H,10,12). The first kappa shape index (κ1) is 8.72. The third-order valence-corrected chi connectivity index (χ3v) is 1.72. The molecule has 4 heteroatoms. The van der Waals surface area contributed by atoms with Gasteiger partial charge in [-0.05, 0) is 19.8 Å². The number of carbonyl (C=O) groups is 2. The van der Waals surface area contributed by atoms with Crippen LogP contribution in [0.5, 0.6) is 0 Å². The van der Waals surface area contributed by atoms with Crippen LogP contribution in [0.3, 0.4) is 0 Å². The monoisotopic (exact) mass is 166 g/mol. The molecule has 12 heavy (non-hydrogen) atoms.